The Morgan fingerprint density at radius 1 is 1.07 bits per heavy atom. The summed E-state index contributed by atoms with van der Waals surface area (Å²) in [6.07, 6.45) is 0. The molecule has 0 saturated heterocycles. The van der Waals surface area contributed by atoms with E-state index in [4.69, 9.17) is 16.0 Å². The second-order valence-electron chi connectivity index (χ2n) is 6.88. The summed E-state index contributed by atoms with van der Waals surface area (Å²) < 4.78 is 5.84. The molecule has 4 aromatic rings. The zero-order valence-corrected chi connectivity index (χ0v) is 16.9. The van der Waals surface area contributed by atoms with Gasteiger partial charge in [-0.15, -0.1) is 0 Å². The molecule has 0 radical (unpaired) electrons. The average Bonchev–Trinajstić information content (AvgIpc) is 3.13. The van der Waals surface area contributed by atoms with Crippen LogP contribution in [0.25, 0.3) is 22.6 Å². The Morgan fingerprint density at radius 3 is 2.60 bits per heavy atom. The number of aromatic nitrogens is 1. The third-order valence-electron chi connectivity index (χ3n) is 4.80. The molecule has 3 aromatic carbocycles. The molecule has 7 nitrogen and oxygen atoms in total. The zero-order valence-electron chi connectivity index (χ0n) is 16.1. The number of nitrogens with zero attached hydrogens (tertiary/aromatic N) is 2. The van der Waals surface area contributed by atoms with Gasteiger partial charge in [-0.2, -0.15) is 0 Å². The van der Waals surface area contributed by atoms with E-state index in [2.05, 4.69) is 10.3 Å². The zero-order chi connectivity index (χ0) is 21.4. The van der Waals surface area contributed by atoms with E-state index in [-0.39, 0.29) is 16.3 Å². The second kappa shape index (κ2) is 7.61. The van der Waals surface area contributed by atoms with Crippen molar-refractivity contribution in [3.05, 3.63) is 86.4 Å². The Bertz CT molecular complexity index is 1310. The lowest BCUT2D eigenvalue weighted by molar-refractivity contribution is -0.384. The molecule has 0 fully saturated rings. The fourth-order valence-electron chi connectivity index (χ4n) is 3.00. The number of oxazole rings is 1. The highest BCUT2D eigenvalue weighted by Crippen LogP contribution is 2.28. The number of fused-ring (bicyclic) bond motifs is 1. The molecule has 1 heterocycles. The maximum Gasteiger partial charge on any atom is 0.288 e. The topological polar surface area (TPSA) is 98.3 Å². The Morgan fingerprint density at radius 2 is 1.87 bits per heavy atom. The van der Waals surface area contributed by atoms with Crippen LogP contribution in [0, 0.1) is 24.0 Å². The first kappa shape index (κ1) is 19.6. The lowest BCUT2D eigenvalue weighted by atomic mass is 10.1. The molecule has 150 valence electrons. The van der Waals surface area contributed by atoms with Crippen molar-refractivity contribution < 1.29 is 14.1 Å². The fourth-order valence-corrected chi connectivity index (χ4v) is 3.19. The molecule has 1 aromatic heterocycles. The molecule has 0 unspecified atom stereocenters. The number of benzene rings is 3. The van der Waals surface area contributed by atoms with Crippen LogP contribution in [0.1, 0.15) is 21.5 Å². The van der Waals surface area contributed by atoms with Crippen molar-refractivity contribution in [2.24, 2.45) is 0 Å². The minimum atomic E-state index is -0.630. The first-order valence-corrected chi connectivity index (χ1v) is 9.43. The second-order valence-corrected chi connectivity index (χ2v) is 7.29. The van der Waals surface area contributed by atoms with Crippen LogP contribution < -0.4 is 5.32 Å². The summed E-state index contributed by atoms with van der Waals surface area (Å²) in [6.45, 7) is 4.06. The van der Waals surface area contributed by atoms with E-state index in [0.29, 0.717) is 22.7 Å². The van der Waals surface area contributed by atoms with E-state index in [1.807, 2.05) is 32.0 Å². The third-order valence-corrected chi connectivity index (χ3v) is 5.12. The summed E-state index contributed by atoms with van der Waals surface area (Å²) in [4.78, 5) is 27.4. The van der Waals surface area contributed by atoms with Crippen LogP contribution in [0.4, 0.5) is 11.4 Å². The number of hydrogen-bond acceptors (Lipinski definition) is 5. The molecule has 30 heavy (non-hydrogen) atoms. The number of amides is 1. The number of aryl methyl sites for hydroxylation is 2. The molecule has 0 spiro atoms. The summed E-state index contributed by atoms with van der Waals surface area (Å²) in [5, 5.41) is 13.7. The van der Waals surface area contributed by atoms with E-state index in [9.17, 15) is 14.9 Å². The van der Waals surface area contributed by atoms with Gasteiger partial charge in [-0.05, 0) is 67.4 Å². The Labute approximate surface area is 176 Å². The SMILES string of the molecule is Cc1ccc(-c2nc3cc(NC(=O)c4ccc(Cl)c([N+](=O)[O-])c4)ccc3o2)cc1C. The van der Waals surface area contributed by atoms with Crippen LogP contribution in [-0.2, 0) is 0 Å². The molecule has 4 rings (SSSR count). The normalized spacial score (nSPS) is 10.9. The molecular weight excluding hydrogens is 406 g/mol. The maximum atomic E-state index is 12.5. The highest BCUT2D eigenvalue weighted by Gasteiger charge is 2.17. The van der Waals surface area contributed by atoms with Crippen LogP contribution in [0.5, 0.6) is 0 Å². The predicted octanol–water partition coefficient (Wildman–Crippen LogP) is 5.93. The molecule has 1 N–H and O–H groups in total. The van der Waals surface area contributed by atoms with Gasteiger partial charge in [0.05, 0.1) is 4.92 Å². The smallest absolute Gasteiger partial charge is 0.288 e. The minimum absolute atomic E-state index is 0.0283. The van der Waals surface area contributed by atoms with Crippen LogP contribution in [0.2, 0.25) is 5.02 Å². The number of rotatable bonds is 4. The Kier molecular flexibility index (Phi) is 4.97. The maximum absolute atomic E-state index is 12.5. The predicted molar refractivity (Wildman–Crippen MR) is 115 cm³/mol. The molecule has 0 bridgehead atoms. The monoisotopic (exact) mass is 421 g/mol. The van der Waals surface area contributed by atoms with Crippen LogP contribution in [0.3, 0.4) is 0 Å². The van der Waals surface area contributed by atoms with E-state index in [1.165, 1.54) is 17.7 Å². The van der Waals surface area contributed by atoms with E-state index < -0.39 is 10.8 Å². The first-order valence-electron chi connectivity index (χ1n) is 9.05. The van der Waals surface area contributed by atoms with Crippen LogP contribution >= 0.6 is 11.6 Å². The highest BCUT2D eigenvalue weighted by atomic mass is 35.5. The minimum Gasteiger partial charge on any atom is -0.436 e. The van der Waals surface area contributed by atoms with E-state index >= 15 is 0 Å². The van der Waals surface area contributed by atoms with Gasteiger partial charge in [-0.25, -0.2) is 4.98 Å². The van der Waals surface area contributed by atoms with Gasteiger partial charge in [0.15, 0.2) is 5.58 Å². The molecular formula is C22H16ClN3O4. The van der Waals surface area contributed by atoms with Gasteiger partial charge in [0.25, 0.3) is 11.6 Å². The summed E-state index contributed by atoms with van der Waals surface area (Å²) >= 11 is 5.80. The standard InChI is InChI=1S/C22H16ClN3O4/c1-12-3-4-15(9-13(12)2)22-25-18-11-16(6-8-20(18)30-22)24-21(27)14-5-7-17(23)19(10-14)26(28)29/h3-11H,1-2H3,(H,24,27). The summed E-state index contributed by atoms with van der Waals surface area (Å²) in [7, 11) is 0. The fraction of sp³-hybridized carbons (Fsp3) is 0.0909. The lowest BCUT2D eigenvalue weighted by Gasteiger charge is -2.05. The van der Waals surface area contributed by atoms with E-state index in [1.54, 1.807) is 18.2 Å². The number of nitro groups is 1. The summed E-state index contributed by atoms with van der Waals surface area (Å²) in [5.74, 6) is -0.00287. The number of carbonyl (C=O) groups is 1. The number of anilines is 1. The molecule has 0 saturated carbocycles. The van der Waals surface area contributed by atoms with Crippen molar-refractivity contribution in [3.8, 4) is 11.5 Å². The van der Waals surface area contributed by atoms with Gasteiger partial charge in [-0.1, -0.05) is 17.7 Å². The molecule has 0 aliphatic rings. The molecule has 8 heteroatoms. The lowest BCUT2D eigenvalue weighted by Crippen LogP contribution is -2.12. The number of nitrogens with one attached hydrogen (secondary N) is 1. The van der Waals surface area contributed by atoms with Gasteiger partial charge in [0.1, 0.15) is 10.5 Å². The first-order chi connectivity index (χ1) is 14.3. The van der Waals surface area contributed by atoms with Gasteiger partial charge in [0, 0.05) is 22.9 Å². The van der Waals surface area contributed by atoms with E-state index in [0.717, 1.165) is 17.2 Å². The van der Waals surface area contributed by atoms with Crippen molar-refractivity contribution in [1.82, 2.24) is 4.98 Å². The number of halogens is 1. The van der Waals surface area contributed by atoms with Crippen molar-refractivity contribution in [3.63, 3.8) is 0 Å². The molecule has 0 aliphatic carbocycles. The van der Waals surface area contributed by atoms with Gasteiger partial charge in [-0.3, -0.25) is 14.9 Å². The van der Waals surface area contributed by atoms with Crippen molar-refractivity contribution >= 4 is 40.0 Å². The number of carbonyl (C=O) groups excluding carboxylic acids is 1. The number of hydrogen-bond donors (Lipinski definition) is 1. The molecule has 0 atom stereocenters. The Balaban J connectivity index is 1.61. The summed E-state index contributed by atoms with van der Waals surface area (Å²) in [5.41, 5.74) is 4.66. The van der Waals surface area contributed by atoms with Crippen LogP contribution in [0.15, 0.2) is 59.0 Å². The summed E-state index contributed by atoms with van der Waals surface area (Å²) in [6, 6.07) is 14.9. The third kappa shape index (κ3) is 3.75. The molecule has 1 amide bonds. The quantitative estimate of drug-likeness (QED) is 0.325. The highest BCUT2D eigenvalue weighted by molar-refractivity contribution is 6.32. The van der Waals surface area contributed by atoms with Gasteiger partial charge in [0.2, 0.25) is 5.89 Å². The number of nitro benzene ring substituents is 1. The average molecular weight is 422 g/mol. The van der Waals surface area contributed by atoms with Gasteiger partial charge >= 0.3 is 0 Å². The van der Waals surface area contributed by atoms with Crippen molar-refractivity contribution in [1.29, 1.82) is 0 Å². The largest absolute Gasteiger partial charge is 0.436 e. The Hall–Kier alpha value is -3.71. The molecule has 0 aliphatic heterocycles. The van der Waals surface area contributed by atoms with Crippen LogP contribution in [-0.4, -0.2) is 15.8 Å². The van der Waals surface area contributed by atoms with Gasteiger partial charge < -0.3 is 9.73 Å². The van der Waals surface area contributed by atoms with Crippen molar-refractivity contribution in [2.45, 2.75) is 13.8 Å². The van der Waals surface area contributed by atoms with Crippen molar-refractivity contribution in [2.75, 3.05) is 5.32 Å².